The minimum atomic E-state index is -0.855. The van der Waals surface area contributed by atoms with Crippen molar-refractivity contribution in [2.24, 2.45) is 11.3 Å². The molecule has 20 heteroatoms. The molecule has 0 saturated carbocycles. The van der Waals surface area contributed by atoms with E-state index in [0.29, 0.717) is 74.7 Å². The molecule has 2 bridgehead atoms. The third-order valence-corrected chi connectivity index (χ3v) is 18.0. The van der Waals surface area contributed by atoms with Crippen LogP contribution in [0.2, 0.25) is 0 Å². The summed E-state index contributed by atoms with van der Waals surface area (Å²) < 4.78 is 35.4. The summed E-state index contributed by atoms with van der Waals surface area (Å²) in [7, 11) is 0. The van der Waals surface area contributed by atoms with Crippen LogP contribution in [0.1, 0.15) is 123 Å². The molecule has 3 aromatic heterocycles. The van der Waals surface area contributed by atoms with Gasteiger partial charge in [-0.1, -0.05) is 70.2 Å². The zero-order valence-corrected chi connectivity index (χ0v) is 50.8. The predicted octanol–water partition coefficient (Wildman–Crippen LogP) is 10.2. The second kappa shape index (κ2) is 25.3. The van der Waals surface area contributed by atoms with Gasteiger partial charge in [0, 0.05) is 44.5 Å². The van der Waals surface area contributed by atoms with Crippen molar-refractivity contribution in [1.82, 2.24) is 45.3 Å². The van der Waals surface area contributed by atoms with Gasteiger partial charge < -0.3 is 39.8 Å². The molecule has 4 fully saturated rings. The number of phenolic OH excluding ortho intramolecular Hbond substituents is 1. The molecule has 5 atom stereocenters. The van der Waals surface area contributed by atoms with E-state index in [1.54, 1.807) is 34.6 Å². The fourth-order valence-corrected chi connectivity index (χ4v) is 13.4. The second-order valence-corrected chi connectivity index (χ2v) is 26.1. The molecular weight excluding hydrogens is 1090 g/mol. The number of halogens is 1. The molecule has 0 aliphatic carbocycles. The number of fused-ring (bicyclic) bond motifs is 4. The highest BCUT2D eigenvalue weighted by Crippen LogP contribution is 2.41. The predicted molar refractivity (Wildman–Crippen MR) is 323 cm³/mol. The van der Waals surface area contributed by atoms with E-state index in [-0.39, 0.29) is 78.1 Å². The van der Waals surface area contributed by atoms with Gasteiger partial charge in [0.1, 0.15) is 53.7 Å². The van der Waals surface area contributed by atoms with Crippen LogP contribution in [0.4, 0.5) is 15.0 Å². The van der Waals surface area contributed by atoms with Crippen LogP contribution in [-0.4, -0.2) is 152 Å². The maximum atomic E-state index is 17.3. The molecule has 7 heterocycles. The van der Waals surface area contributed by atoms with Crippen molar-refractivity contribution in [3.63, 3.8) is 0 Å². The molecular formula is C64H81FN10O8S. The Balaban J connectivity index is 0.724. The van der Waals surface area contributed by atoms with Gasteiger partial charge in [0.05, 0.1) is 39.6 Å². The van der Waals surface area contributed by atoms with Gasteiger partial charge in [0.15, 0.2) is 5.82 Å². The molecule has 10 rings (SSSR count). The van der Waals surface area contributed by atoms with Gasteiger partial charge in [-0.25, -0.2) is 14.2 Å². The van der Waals surface area contributed by atoms with Crippen LogP contribution >= 0.6 is 11.3 Å². The number of thiazole rings is 1. The summed E-state index contributed by atoms with van der Waals surface area (Å²) in [5.74, 6) is -0.642. The Morgan fingerprint density at radius 1 is 0.893 bits per heavy atom. The molecule has 2 unspecified atom stereocenters. The number of nitrogens with zero attached hydrogens (tertiary/aromatic N) is 8. The van der Waals surface area contributed by atoms with E-state index < -0.39 is 28.9 Å². The molecule has 4 saturated heterocycles. The Labute approximate surface area is 495 Å². The average Bonchev–Trinajstić information content (AvgIpc) is 2.12. The molecule has 4 aliphatic rings. The summed E-state index contributed by atoms with van der Waals surface area (Å²) >= 11 is 1.59. The lowest BCUT2D eigenvalue weighted by molar-refractivity contribution is -0.144. The third kappa shape index (κ3) is 13.4. The molecule has 0 radical (unpaired) electrons. The maximum absolute atomic E-state index is 17.3. The third-order valence-electron chi connectivity index (χ3n) is 17.0. The number of pyridine rings is 1. The van der Waals surface area contributed by atoms with E-state index in [9.17, 15) is 24.3 Å². The molecule has 448 valence electrons. The second-order valence-electron chi connectivity index (χ2n) is 25.2. The summed E-state index contributed by atoms with van der Waals surface area (Å²) in [6, 6.07) is 15.2. The maximum Gasteiger partial charge on any atom is 0.410 e. The number of nitrogens with one attached hydrogen (secondary N) is 2. The number of benzene rings is 3. The lowest BCUT2D eigenvalue weighted by atomic mass is 9.85. The van der Waals surface area contributed by atoms with E-state index >= 15 is 4.39 Å². The highest BCUT2D eigenvalue weighted by Gasteiger charge is 2.46. The Morgan fingerprint density at radius 3 is 2.31 bits per heavy atom. The molecule has 4 aliphatic heterocycles. The summed E-state index contributed by atoms with van der Waals surface area (Å²) in [5.41, 5.74) is 5.17. The first-order valence-corrected chi connectivity index (χ1v) is 30.7. The van der Waals surface area contributed by atoms with Crippen LogP contribution in [0.15, 0.2) is 66.3 Å². The number of aromatic nitrogens is 4. The van der Waals surface area contributed by atoms with E-state index in [4.69, 9.17) is 29.2 Å². The first kappa shape index (κ1) is 60.1. The Morgan fingerprint density at radius 2 is 1.63 bits per heavy atom. The first-order valence-electron chi connectivity index (χ1n) is 29.8. The van der Waals surface area contributed by atoms with Crippen molar-refractivity contribution < 1.29 is 42.9 Å². The van der Waals surface area contributed by atoms with Crippen molar-refractivity contribution >= 4 is 62.6 Å². The fraction of sp³-hybridized carbons (Fsp3) is 0.531. The minimum Gasteiger partial charge on any atom is -0.508 e. The topological polar surface area (TPSA) is 205 Å². The number of carbonyl (C=O) groups is 4. The number of likely N-dealkylation sites (tertiary alicyclic amines) is 2. The summed E-state index contributed by atoms with van der Waals surface area (Å²) in [6.45, 7) is 21.4. The quantitative estimate of drug-likeness (QED) is 0.0686. The molecule has 18 nitrogen and oxygen atoms in total. The van der Waals surface area contributed by atoms with Gasteiger partial charge in [-0.15, -0.1) is 11.3 Å². The lowest BCUT2D eigenvalue weighted by Crippen LogP contribution is -2.58. The van der Waals surface area contributed by atoms with Crippen LogP contribution in [0, 0.1) is 24.1 Å². The Bertz CT molecular complexity index is 3360. The van der Waals surface area contributed by atoms with Crippen LogP contribution < -0.4 is 20.3 Å². The van der Waals surface area contributed by atoms with Crippen molar-refractivity contribution in [1.29, 1.82) is 0 Å². The minimum absolute atomic E-state index is 0.000162. The van der Waals surface area contributed by atoms with Gasteiger partial charge in [-0.2, -0.15) is 9.97 Å². The van der Waals surface area contributed by atoms with E-state index in [1.165, 1.54) is 0 Å². The number of carbonyl (C=O) groups excluding carboxylic acids is 4. The van der Waals surface area contributed by atoms with E-state index in [1.807, 2.05) is 115 Å². The van der Waals surface area contributed by atoms with Gasteiger partial charge in [0.25, 0.3) is 0 Å². The fourth-order valence-electron chi connectivity index (χ4n) is 12.6. The van der Waals surface area contributed by atoms with Crippen molar-refractivity contribution in [2.45, 2.75) is 149 Å². The summed E-state index contributed by atoms with van der Waals surface area (Å²) in [6.07, 6.45) is 7.43. The number of hydrogen-bond acceptors (Lipinski definition) is 15. The molecule has 3 N–H and O–H groups in total. The standard InChI is InChI=1S/C64H81FN10O8S/c1-10-41-13-11-14-44-31-47(76)32-48(52(41)44)54-53(65)55-49(33-66-54)58(73-34-45-20-21-46(35-73)75(45)62(80)83-64(7,8)9)71-61(70-55)82-30-28-72-26-22-40(23-27-72)24-29-81-36-51(77)69-57(63(4,5)6)60(79)74-25-12-15-50(74)59(78)68-38(2)42-16-18-43(19-17-42)56-39(3)67-37-84-56/h11,13-14,16-19,31-33,37-38,40,45-46,50,57,76H,10,12,15,20-30,34-36H2,1-9H3,(H,68,78)(H,69,77)/t38-,45?,46?,50-,57+/m0/s1. The molecule has 6 aromatic rings. The van der Waals surface area contributed by atoms with Crippen molar-refractivity contribution in [3.05, 3.63) is 88.9 Å². The number of anilines is 1. The molecule has 0 spiro atoms. The highest BCUT2D eigenvalue weighted by atomic mass is 32.1. The number of amides is 4. The summed E-state index contributed by atoms with van der Waals surface area (Å²) in [4.78, 5) is 82.6. The monoisotopic (exact) mass is 1170 g/mol. The molecule has 4 amide bonds. The van der Waals surface area contributed by atoms with Gasteiger partial charge in [0.2, 0.25) is 17.7 Å². The number of rotatable bonds is 18. The van der Waals surface area contributed by atoms with Crippen molar-refractivity contribution in [2.75, 3.05) is 64.0 Å². The van der Waals surface area contributed by atoms with E-state index in [2.05, 4.69) is 25.4 Å². The largest absolute Gasteiger partial charge is 0.508 e. The van der Waals surface area contributed by atoms with Crippen LogP contribution in [0.3, 0.4) is 0 Å². The Hall–Kier alpha value is -7.03. The van der Waals surface area contributed by atoms with Crippen LogP contribution in [-0.2, 0) is 30.3 Å². The van der Waals surface area contributed by atoms with Crippen LogP contribution in [0.5, 0.6) is 11.8 Å². The SMILES string of the molecule is CCc1cccc2cc(O)cc(-c3ncc4c(N5CC6CCC(C5)N6C(=O)OC(C)(C)C)nc(OCCN5CCC(CCOCC(=O)N[C@H](C(=O)N6CCC[C@H]6C(=O)N[C@@H](C)c6ccc(-c7scnc7C)cc6)C(C)(C)C)CC5)nc4c3F)c12. The normalized spacial score (nSPS) is 19.5. The van der Waals surface area contributed by atoms with Gasteiger partial charge in [-0.05, 0) is 150 Å². The van der Waals surface area contributed by atoms with Gasteiger partial charge in [-0.3, -0.25) is 29.2 Å². The zero-order chi connectivity index (χ0) is 59.6. The van der Waals surface area contributed by atoms with Crippen LogP contribution in [0.25, 0.3) is 43.4 Å². The van der Waals surface area contributed by atoms with Gasteiger partial charge >= 0.3 is 12.1 Å². The number of piperidine rings is 1. The smallest absolute Gasteiger partial charge is 0.410 e. The number of ether oxygens (including phenoxy) is 3. The number of phenols is 1. The number of aromatic hydroxyl groups is 1. The Kier molecular flexibility index (Phi) is 18.1. The number of hydrogen-bond donors (Lipinski definition) is 3. The molecule has 3 aromatic carbocycles. The highest BCUT2D eigenvalue weighted by molar-refractivity contribution is 7.13. The molecule has 84 heavy (non-hydrogen) atoms. The zero-order valence-electron chi connectivity index (χ0n) is 50.0. The number of piperazine rings is 1. The average molecular weight is 1170 g/mol. The summed E-state index contributed by atoms with van der Waals surface area (Å²) in [5, 5.41) is 18.9. The van der Waals surface area contributed by atoms with E-state index in [0.717, 1.165) is 83.2 Å². The van der Waals surface area contributed by atoms with Crippen molar-refractivity contribution in [3.8, 4) is 33.5 Å². The first-order chi connectivity index (χ1) is 40.1. The lowest BCUT2D eigenvalue weighted by Gasteiger charge is -2.42. The number of aryl methyl sites for hydroxylation is 2.